The number of amides is 2. The molecule has 0 bridgehead atoms. The number of hydrogen-bond acceptors (Lipinski definition) is 5. The van der Waals surface area contributed by atoms with Gasteiger partial charge in [-0.3, -0.25) is 13.9 Å². The number of nitrogens with zero attached hydrogens (tertiary/aromatic N) is 2. The summed E-state index contributed by atoms with van der Waals surface area (Å²) in [5.74, 6) is -0.00379. The number of sulfonamides is 1. The largest absolute Gasteiger partial charge is 0.497 e. The molecule has 3 aromatic rings. The van der Waals surface area contributed by atoms with Crippen LogP contribution in [0.2, 0.25) is 0 Å². The third-order valence-electron chi connectivity index (χ3n) is 6.32. The van der Waals surface area contributed by atoms with Crippen molar-refractivity contribution in [1.29, 1.82) is 0 Å². The van der Waals surface area contributed by atoms with Crippen molar-refractivity contribution < 1.29 is 22.7 Å². The number of benzene rings is 3. The molecule has 8 nitrogen and oxygen atoms in total. The standard InChI is InChI=1S/C30H36BrN3O5S/c1-21(2)18-32-30(36)23(4)33(19-24-8-6-11-27(16-24)39-5)29(35)20-34(26-10-7-9-25(31)17-26)40(37,38)28-14-12-22(3)13-15-28/h6-17,21,23H,18-20H2,1-5H3,(H,32,36)/t23-/m0/s1. The summed E-state index contributed by atoms with van der Waals surface area (Å²) in [6.07, 6.45) is 0. The van der Waals surface area contributed by atoms with Crippen LogP contribution >= 0.6 is 15.9 Å². The number of carbonyl (C=O) groups excluding carboxylic acids is 2. The smallest absolute Gasteiger partial charge is 0.264 e. The average molecular weight is 631 g/mol. The Hall–Kier alpha value is -3.37. The van der Waals surface area contributed by atoms with Crippen LogP contribution in [0.15, 0.2) is 82.2 Å². The molecule has 0 aliphatic carbocycles. The van der Waals surface area contributed by atoms with Crippen LogP contribution in [0.5, 0.6) is 5.75 Å². The van der Waals surface area contributed by atoms with Crippen molar-refractivity contribution in [2.24, 2.45) is 5.92 Å². The summed E-state index contributed by atoms with van der Waals surface area (Å²) < 4.78 is 34.8. The molecular weight excluding hydrogens is 594 g/mol. The first-order valence-electron chi connectivity index (χ1n) is 13.0. The zero-order chi connectivity index (χ0) is 29.4. The summed E-state index contributed by atoms with van der Waals surface area (Å²) in [7, 11) is -2.57. The van der Waals surface area contributed by atoms with E-state index in [1.54, 1.807) is 68.6 Å². The van der Waals surface area contributed by atoms with E-state index >= 15 is 0 Å². The maximum atomic E-state index is 14.0. The number of ether oxygens (including phenoxy) is 1. The molecular formula is C30H36BrN3O5S. The molecule has 0 radical (unpaired) electrons. The minimum absolute atomic E-state index is 0.0629. The van der Waals surface area contributed by atoms with Gasteiger partial charge in [0.15, 0.2) is 0 Å². The molecule has 3 rings (SSSR count). The van der Waals surface area contributed by atoms with Gasteiger partial charge >= 0.3 is 0 Å². The van der Waals surface area contributed by atoms with Gasteiger partial charge in [-0.2, -0.15) is 0 Å². The van der Waals surface area contributed by atoms with E-state index in [0.717, 1.165) is 15.4 Å². The first-order chi connectivity index (χ1) is 18.9. The van der Waals surface area contributed by atoms with Crippen LogP contribution < -0.4 is 14.4 Å². The van der Waals surface area contributed by atoms with E-state index in [1.165, 1.54) is 17.0 Å². The molecule has 0 saturated heterocycles. The van der Waals surface area contributed by atoms with E-state index in [-0.39, 0.29) is 23.3 Å². The van der Waals surface area contributed by atoms with Crippen LogP contribution in [-0.2, 0) is 26.2 Å². The van der Waals surface area contributed by atoms with E-state index in [2.05, 4.69) is 21.2 Å². The zero-order valence-corrected chi connectivity index (χ0v) is 25.8. The van der Waals surface area contributed by atoms with Crippen molar-refractivity contribution in [2.45, 2.75) is 45.2 Å². The van der Waals surface area contributed by atoms with Gasteiger partial charge in [0, 0.05) is 17.6 Å². The second-order valence-corrected chi connectivity index (χ2v) is 12.8. The highest BCUT2D eigenvalue weighted by Gasteiger charge is 2.32. The Kier molecular flexibility index (Phi) is 10.8. The highest BCUT2D eigenvalue weighted by atomic mass is 79.9. The van der Waals surface area contributed by atoms with Gasteiger partial charge in [0.25, 0.3) is 10.0 Å². The van der Waals surface area contributed by atoms with Gasteiger partial charge in [0.1, 0.15) is 18.3 Å². The third kappa shape index (κ3) is 8.08. The maximum Gasteiger partial charge on any atom is 0.264 e. The fourth-order valence-corrected chi connectivity index (χ4v) is 5.79. The monoisotopic (exact) mass is 629 g/mol. The second kappa shape index (κ2) is 13.8. The van der Waals surface area contributed by atoms with Crippen molar-refractivity contribution in [3.63, 3.8) is 0 Å². The van der Waals surface area contributed by atoms with Crippen LogP contribution in [0, 0.1) is 12.8 Å². The maximum absolute atomic E-state index is 14.0. The Morgan fingerprint density at radius 1 is 0.975 bits per heavy atom. The molecule has 2 amide bonds. The molecule has 0 fully saturated rings. The van der Waals surface area contributed by atoms with Crippen molar-refractivity contribution in [3.05, 3.63) is 88.4 Å². The quantitative estimate of drug-likeness (QED) is 0.299. The lowest BCUT2D eigenvalue weighted by molar-refractivity contribution is -0.139. The van der Waals surface area contributed by atoms with Gasteiger partial charge in [-0.25, -0.2) is 8.42 Å². The van der Waals surface area contributed by atoms with Gasteiger partial charge in [-0.1, -0.05) is 65.7 Å². The number of aryl methyl sites for hydroxylation is 1. The van der Waals surface area contributed by atoms with Crippen LogP contribution in [0.4, 0.5) is 5.69 Å². The molecule has 0 aliphatic heterocycles. The number of methoxy groups -OCH3 is 1. The Morgan fingerprint density at radius 3 is 2.27 bits per heavy atom. The lowest BCUT2D eigenvalue weighted by atomic mass is 10.1. The molecule has 0 aliphatic rings. The van der Waals surface area contributed by atoms with Crippen molar-refractivity contribution in [2.75, 3.05) is 24.5 Å². The van der Waals surface area contributed by atoms with E-state index in [9.17, 15) is 18.0 Å². The number of rotatable bonds is 12. The van der Waals surface area contributed by atoms with Gasteiger partial charge in [-0.15, -0.1) is 0 Å². The summed E-state index contributed by atoms with van der Waals surface area (Å²) in [4.78, 5) is 28.5. The summed E-state index contributed by atoms with van der Waals surface area (Å²) in [6, 6.07) is 19.6. The first kappa shape index (κ1) is 31.2. The molecule has 1 N–H and O–H groups in total. The highest BCUT2D eigenvalue weighted by molar-refractivity contribution is 9.10. The summed E-state index contributed by atoms with van der Waals surface area (Å²) in [5, 5.41) is 2.88. The SMILES string of the molecule is COc1cccc(CN(C(=O)CN(c2cccc(Br)c2)S(=O)(=O)c2ccc(C)cc2)[C@@H](C)C(=O)NCC(C)C)c1. The van der Waals surface area contributed by atoms with Crippen LogP contribution in [0.3, 0.4) is 0 Å². The van der Waals surface area contributed by atoms with Gasteiger partial charge < -0.3 is 15.0 Å². The molecule has 3 aromatic carbocycles. The number of hydrogen-bond donors (Lipinski definition) is 1. The minimum atomic E-state index is -4.12. The van der Waals surface area contributed by atoms with Crippen molar-refractivity contribution in [3.8, 4) is 5.75 Å². The Morgan fingerprint density at radius 2 is 1.65 bits per heavy atom. The average Bonchev–Trinajstić information content (AvgIpc) is 2.93. The summed E-state index contributed by atoms with van der Waals surface area (Å²) in [5.41, 5.74) is 1.97. The van der Waals surface area contributed by atoms with Crippen molar-refractivity contribution >= 4 is 43.5 Å². The second-order valence-electron chi connectivity index (χ2n) is 9.99. The van der Waals surface area contributed by atoms with Crippen LogP contribution in [-0.4, -0.2) is 51.4 Å². The molecule has 0 unspecified atom stereocenters. The topological polar surface area (TPSA) is 96.0 Å². The van der Waals surface area contributed by atoms with Crippen LogP contribution in [0.1, 0.15) is 31.9 Å². The Bertz CT molecular complexity index is 1430. The lowest BCUT2D eigenvalue weighted by Gasteiger charge is -2.32. The van der Waals surface area contributed by atoms with Crippen molar-refractivity contribution in [1.82, 2.24) is 10.2 Å². The number of carbonyl (C=O) groups is 2. The zero-order valence-electron chi connectivity index (χ0n) is 23.4. The number of halogens is 1. The predicted octanol–water partition coefficient (Wildman–Crippen LogP) is 5.15. The molecule has 40 heavy (non-hydrogen) atoms. The predicted molar refractivity (Wildman–Crippen MR) is 161 cm³/mol. The Labute approximate surface area is 245 Å². The summed E-state index contributed by atoms with van der Waals surface area (Å²) >= 11 is 3.41. The number of anilines is 1. The molecule has 214 valence electrons. The molecule has 0 heterocycles. The molecule has 0 saturated carbocycles. The van der Waals surface area contributed by atoms with E-state index in [0.29, 0.717) is 22.5 Å². The molecule has 0 spiro atoms. The Balaban J connectivity index is 2.02. The lowest BCUT2D eigenvalue weighted by Crippen LogP contribution is -2.51. The number of nitrogens with one attached hydrogen (secondary N) is 1. The van der Waals surface area contributed by atoms with Gasteiger partial charge in [0.2, 0.25) is 11.8 Å². The molecule has 10 heteroatoms. The third-order valence-corrected chi connectivity index (χ3v) is 8.60. The van der Waals surface area contributed by atoms with E-state index < -0.39 is 28.5 Å². The summed E-state index contributed by atoms with van der Waals surface area (Å²) in [6.45, 7) is 7.52. The normalized spacial score (nSPS) is 12.1. The first-order valence-corrected chi connectivity index (χ1v) is 15.2. The highest BCUT2D eigenvalue weighted by Crippen LogP contribution is 2.27. The van der Waals surface area contributed by atoms with Gasteiger partial charge in [0.05, 0.1) is 17.7 Å². The van der Waals surface area contributed by atoms with E-state index in [1.807, 2.05) is 26.8 Å². The minimum Gasteiger partial charge on any atom is -0.497 e. The van der Waals surface area contributed by atoms with E-state index in [4.69, 9.17) is 4.74 Å². The molecule has 0 aromatic heterocycles. The van der Waals surface area contributed by atoms with Crippen LogP contribution in [0.25, 0.3) is 0 Å². The molecule has 1 atom stereocenters. The fourth-order valence-electron chi connectivity index (χ4n) is 4.00. The fraction of sp³-hybridized carbons (Fsp3) is 0.333. The van der Waals surface area contributed by atoms with Gasteiger partial charge in [-0.05, 0) is 67.8 Å².